The normalized spacial score (nSPS) is 19.3. The molecule has 1 heterocycles. The summed E-state index contributed by atoms with van der Waals surface area (Å²) in [7, 11) is 0. The molecule has 1 fully saturated rings. The van der Waals surface area contributed by atoms with Crippen LogP contribution >= 0.6 is 0 Å². The standard InChI is InChI=1S/C14H21N3O/c1-10-5-6-12(11(9-10)13(15)16-18)17-8-4-7-14(17,2)3/h5-6,9,18H,4,7-8H2,1-3H3,(H2,15,16). The van der Waals surface area contributed by atoms with Crippen molar-refractivity contribution in [2.75, 3.05) is 11.4 Å². The number of aryl methyl sites for hydroxylation is 1. The van der Waals surface area contributed by atoms with Crippen molar-refractivity contribution in [3.05, 3.63) is 29.3 Å². The molecule has 1 aliphatic rings. The molecule has 2 rings (SSSR count). The lowest BCUT2D eigenvalue weighted by Gasteiger charge is -2.35. The number of rotatable bonds is 2. The van der Waals surface area contributed by atoms with Crippen molar-refractivity contribution in [3.8, 4) is 0 Å². The molecule has 0 aliphatic carbocycles. The fraction of sp³-hybridized carbons (Fsp3) is 0.500. The maximum absolute atomic E-state index is 8.92. The highest BCUT2D eigenvalue weighted by atomic mass is 16.4. The maximum atomic E-state index is 8.92. The fourth-order valence-electron chi connectivity index (χ4n) is 2.70. The molecule has 0 bridgehead atoms. The van der Waals surface area contributed by atoms with Crippen LogP contribution in [0, 0.1) is 6.92 Å². The minimum absolute atomic E-state index is 0.125. The molecule has 18 heavy (non-hydrogen) atoms. The number of nitrogens with two attached hydrogens (primary N) is 1. The molecule has 0 unspecified atom stereocenters. The van der Waals surface area contributed by atoms with Gasteiger partial charge in [-0.3, -0.25) is 0 Å². The molecule has 0 aromatic heterocycles. The Labute approximate surface area is 108 Å². The monoisotopic (exact) mass is 247 g/mol. The summed E-state index contributed by atoms with van der Waals surface area (Å²) in [4.78, 5) is 2.35. The maximum Gasteiger partial charge on any atom is 0.172 e. The predicted molar refractivity (Wildman–Crippen MR) is 74.3 cm³/mol. The molecule has 1 aliphatic heterocycles. The van der Waals surface area contributed by atoms with Crippen molar-refractivity contribution in [3.63, 3.8) is 0 Å². The van der Waals surface area contributed by atoms with E-state index in [2.05, 4.69) is 36.0 Å². The Morgan fingerprint density at radius 1 is 1.44 bits per heavy atom. The summed E-state index contributed by atoms with van der Waals surface area (Å²) >= 11 is 0. The van der Waals surface area contributed by atoms with Gasteiger partial charge in [0, 0.05) is 23.3 Å². The fourth-order valence-corrected chi connectivity index (χ4v) is 2.70. The van der Waals surface area contributed by atoms with Gasteiger partial charge in [0.05, 0.1) is 0 Å². The van der Waals surface area contributed by atoms with E-state index in [0.717, 1.165) is 29.8 Å². The number of hydrogen-bond donors (Lipinski definition) is 2. The molecule has 1 saturated heterocycles. The molecule has 4 heteroatoms. The highest BCUT2D eigenvalue weighted by Gasteiger charge is 2.33. The van der Waals surface area contributed by atoms with E-state index in [-0.39, 0.29) is 11.4 Å². The SMILES string of the molecule is Cc1ccc(N2CCCC2(C)C)c(/C(N)=N/O)c1. The number of nitrogens with zero attached hydrogens (tertiary/aromatic N) is 2. The van der Waals surface area contributed by atoms with Gasteiger partial charge in [-0.25, -0.2) is 0 Å². The van der Waals surface area contributed by atoms with Gasteiger partial charge in [-0.2, -0.15) is 0 Å². The van der Waals surface area contributed by atoms with Crippen molar-refractivity contribution in [1.29, 1.82) is 0 Å². The Balaban J connectivity index is 2.51. The van der Waals surface area contributed by atoms with Gasteiger partial charge in [0.15, 0.2) is 5.84 Å². The lowest BCUT2D eigenvalue weighted by atomic mass is 9.99. The number of anilines is 1. The minimum Gasteiger partial charge on any atom is -0.409 e. The summed E-state index contributed by atoms with van der Waals surface area (Å²) in [6, 6.07) is 6.10. The Morgan fingerprint density at radius 3 is 2.72 bits per heavy atom. The molecule has 0 radical (unpaired) electrons. The van der Waals surface area contributed by atoms with Gasteiger partial charge >= 0.3 is 0 Å². The average Bonchev–Trinajstić information content (AvgIpc) is 2.68. The van der Waals surface area contributed by atoms with Crippen LogP contribution in [0.4, 0.5) is 5.69 Å². The highest BCUT2D eigenvalue weighted by Crippen LogP contribution is 2.35. The first-order valence-corrected chi connectivity index (χ1v) is 6.32. The summed E-state index contributed by atoms with van der Waals surface area (Å²) in [6.45, 7) is 7.49. The quantitative estimate of drug-likeness (QED) is 0.365. The Morgan fingerprint density at radius 2 is 2.17 bits per heavy atom. The second-order valence-corrected chi connectivity index (χ2v) is 5.57. The second-order valence-electron chi connectivity index (χ2n) is 5.57. The highest BCUT2D eigenvalue weighted by molar-refractivity contribution is 6.02. The molecule has 0 amide bonds. The zero-order valence-electron chi connectivity index (χ0n) is 11.3. The van der Waals surface area contributed by atoms with E-state index in [4.69, 9.17) is 10.9 Å². The van der Waals surface area contributed by atoms with Crippen molar-refractivity contribution < 1.29 is 5.21 Å². The van der Waals surface area contributed by atoms with Crippen LogP contribution in [0.25, 0.3) is 0 Å². The molecular formula is C14H21N3O. The number of oxime groups is 1. The largest absolute Gasteiger partial charge is 0.409 e. The van der Waals surface area contributed by atoms with E-state index in [1.165, 1.54) is 6.42 Å². The molecule has 98 valence electrons. The van der Waals surface area contributed by atoms with Gasteiger partial charge in [0.2, 0.25) is 0 Å². The number of amidine groups is 1. The topological polar surface area (TPSA) is 61.8 Å². The van der Waals surface area contributed by atoms with Crippen LogP contribution in [-0.2, 0) is 0 Å². The third-order valence-electron chi connectivity index (χ3n) is 3.73. The lowest BCUT2D eigenvalue weighted by Crippen LogP contribution is -2.39. The van der Waals surface area contributed by atoms with Crippen molar-refractivity contribution in [2.24, 2.45) is 10.9 Å². The van der Waals surface area contributed by atoms with Gasteiger partial charge in [-0.15, -0.1) is 0 Å². The second kappa shape index (κ2) is 4.52. The first-order chi connectivity index (χ1) is 8.45. The Bertz CT molecular complexity index is 480. The van der Waals surface area contributed by atoms with Crippen molar-refractivity contribution >= 4 is 11.5 Å². The van der Waals surface area contributed by atoms with Crippen LogP contribution in [0.15, 0.2) is 23.4 Å². The zero-order chi connectivity index (χ0) is 13.3. The molecule has 1 aromatic carbocycles. The molecule has 0 spiro atoms. The van der Waals surface area contributed by atoms with Crippen LogP contribution in [-0.4, -0.2) is 23.1 Å². The molecule has 1 aromatic rings. The van der Waals surface area contributed by atoms with Crippen LogP contribution < -0.4 is 10.6 Å². The zero-order valence-corrected chi connectivity index (χ0v) is 11.3. The Kier molecular flexibility index (Phi) is 3.20. The van der Waals surface area contributed by atoms with E-state index in [9.17, 15) is 0 Å². The predicted octanol–water partition coefficient (Wildman–Crippen LogP) is 2.47. The molecule has 4 nitrogen and oxygen atoms in total. The van der Waals surface area contributed by atoms with E-state index < -0.39 is 0 Å². The summed E-state index contributed by atoms with van der Waals surface area (Å²) in [5, 5.41) is 12.1. The summed E-state index contributed by atoms with van der Waals surface area (Å²) < 4.78 is 0. The van der Waals surface area contributed by atoms with Crippen LogP contribution in [0.3, 0.4) is 0 Å². The smallest absolute Gasteiger partial charge is 0.172 e. The first-order valence-electron chi connectivity index (χ1n) is 6.32. The van der Waals surface area contributed by atoms with Gasteiger partial charge in [0.25, 0.3) is 0 Å². The van der Waals surface area contributed by atoms with E-state index in [1.807, 2.05) is 13.0 Å². The summed E-state index contributed by atoms with van der Waals surface area (Å²) in [6.07, 6.45) is 2.34. The third kappa shape index (κ3) is 2.15. The molecule has 0 saturated carbocycles. The van der Waals surface area contributed by atoms with E-state index in [1.54, 1.807) is 0 Å². The minimum atomic E-state index is 0.125. The first kappa shape index (κ1) is 12.7. The molecular weight excluding hydrogens is 226 g/mol. The molecule has 0 atom stereocenters. The number of benzene rings is 1. The van der Waals surface area contributed by atoms with Gasteiger partial charge in [-0.05, 0) is 45.7 Å². The van der Waals surface area contributed by atoms with E-state index in [0.29, 0.717) is 0 Å². The Hall–Kier alpha value is -1.71. The van der Waals surface area contributed by atoms with Crippen LogP contribution in [0.2, 0.25) is 0 Å². The van der Waals surface area contributed by atoms with Crippen LogP contribution in [0.5, 0.6) is 0 Å². The summed E-state index contributed by atoms with van der Waals surface area (Å²) in [5.41, 5.74) is 8.89. The van der Waals surface area contributed by atoms with Gasteiger partial charge in [-0.1, -0.05) is 16.8 Å². The average molecular weight is 247 g/mol. The number of hydrogen-bond acceptors (Lipinski definition) is 3. The summed E-state index contributed by atoms with van der Waals surface area (Å²) in [5.74, 6) is 0.177. The van der Waals surface area contributed by atoms with Crippen LogP contribution in [0.1, 0.15) is 37.8 Å². The van der Waals surface area contributed by atoms with Gasteiger partial charge in [0.1, 0.15) is 0 Å². The van der Waals surface area contributed by atoms with Crippen molar-refractivity contribution in [1.82, 2.24) is 0 Å². The van der Waals surface area contributed by atoms with Gasteiger partial charge < -0.3 is 15.8 Å². The molecule has 3 N–H and O–H groups in total. The van der Waals surface area contributed by atoms with E-state index >= 15 is 0 Å². The van der Waals surface area contributed by atoms with Crippen molar-refractivity contribution in [2.45, 2.75) is 39.2 Å². The third-order valence-corrected chi connectivity index (χ3v) is 3.73. The lowest BCUT2D eigenvalue weighted by molar-refractivity contribution is 0.318.